The molecule has 0 unspecified atom stereocenters. The molecule has 0 aromatic heterocycles. The maximum atomic E-state index is 4.10. The maximum absolute atomic E-state index is 4.10. The molecule has 0 fully saturated rings. The van der Waals surface area contributed by atoms with Crippen molar-refractivity contribution in [1.82, 2.24) is 0 Å². The first-order valence-corrected chi connectivity index (χ1v) is 5.65. The zero-order chi connectivity index (χ0) is 11.8. The van der Waals surface area contributed by atoms with Gasteiger partial charge in [-0.2, -0.15) is 0 Å². The average Bonchev–Trinajstić information content (AvgIpc) is 2.18. The van der Waals surface area contributed by atoms with E-state index >= 15 is 0 Å². The lowest BCUT2D eigenvalue weighted by Crippen LogP contribution is -1.94. The highest BCUT2D eigenvalue weighted by Crippen LogP contribution is 2.21. The Kier molecular flexibility index (Phi) is 6.77. The molecule has 0 rings (SSSR count). The smallest absolute Gasteiger partial charge is 0.0242 e. The van der Waals surface area contributed by atoms with Crippen LogP contribution >= 0.6 is 0 Å². The van der Waals surface area contributed by atoms with Gasteiger partial charge in [0.25, 0.3) is 0 Å². The van der Waals surface area contributed by atoms with Gasteiger partial charge in [0.15, 0.2) is 0 Å². The van der Waals surface area contributed by atoms with Crippen molar-refractivity contribution in [3.05, 3.63) is 48.1 Å². The molecular formula is C15H24. The van der Waals surface area contributed by atoms with Gasteiger partial charge in [-0.05, 0) is 43.8 Å². The van der Waals surface area contributed by atoms with Gasteiger partial charge in [0, 0.05) is 0 Å². The van der Waals surface area contributed by atoms with E-state index in [9.17, 15) is 0 Å². The minimum absolute atomic E-state index is 0.590. The van der Waals surface area contributed by atoms with E-state index in [1.807, 2.05) is 6.08 Å². The van der Waals surface area contributed by atoms with Crippen LogP contribution in [0.1, 0.15) is 40.5 Å². The second-order valence-electron chi connectivity index (χ2n) is 4.21. The van der Waals surface area contributed by atoms with Crippen LogP contribution in [0.3, 0.4) is 0 Å². The van der Waals surface area contributed by atoms with Crippen molar-refractivity contribution < 1.29 is 0 Å². The van der Waals surface area contributed by atoms with Crippen LogP contribution in [0.4, 0.5) is 0 Å². The minimum atomic E-state index is 0.590. The van der Waals surface area contributed by atoms with Crippen molar-refractivity contribution in [3.8, 4) is 0 Å². The third-order valence-electron chi connectivity index (χ3n) is 2.75. The Morgan fingerprint density at radius 1 is 1.27 bits per heavy atom. The molecule has 0 atom stereocenters. The fourth-order valence-corrected chi connectivity index (χ4v) is 1.44. The molecule has 0 aromatic rings. The molecule has 84 valence electrons. The van der Waals surface area contributed by atoms with Crippen molar-refractivity contribution in [2.75, 3.05) is 0 Å². The zero-order valence-corrected chi connectivity index (χ0v) is 10.6. The van der Waals surface area contributed by atoms with Gasteiger partial charge in [-0.3, -0.25) is 0 Å². The first-order valence-electron chi connectivity index (χ1n) is 5.65. The lowest BCUT2D eigenvalue weighted by molar-refractivity contribution is 0.712. The second kappa shape index (κ2) is 7.28. The molecule has 0 heteroatoms. The van der Waals surface area contributed by atoms with Gasteiger partial charge >= 0.3 is 0 Å². The summed E-state index contributed by atoms with van der Waals surface area (Å²) in [5.41, 5.74) is 4.04. The first-order chi connectivity index (χ1) is 7.02. The molecular weight excluding hydrogens is 180 g/mol. The molecule has 0 aromatic carbocycles. The Hall–Kier alpha value is -1.04. The first kappa shape index (κ1) is 14.0. The molecule has 0 amide bonds. The van der Waals surface area contributed by atoms with Crippen LogP contribution in [-0.2, 0) is 0 Å². The van der Waals surface area contributed by atoms with Crippen molar-refractivity contribution in [1.29, 1.82) is 0 Å². The van der Waals surface area contributed by atoms with Crippen LogP contribution in [0.5, 0.6) is 0 Å². The number of rotatable bonds is 6. The molecule has 0 radical (unpaired) electrons. The Bertz CT molecular complexity index is 274. The van der Waals surface area contributed by atoms with Crippen LogP contribution in [0.25, 0.3) is 0 Å². The van der Waals surface area contributed by atoms with Crippen molar-refractivity contribution >= 4 is 0 Å². The molecule has 0 aliphatic rings. The summed E-state index contributed by atoms with van der Waals surface area (Å²) in [4.78, 5) is 0. The van der Waals surface area contributed by atoms with Gasteiger partial charge in [0.05, 0.1) is 0 Å². The van der Waals surface area contributed by atoms with Gasteiger partial charge < -0.3 is 0 Å². The van der Waals surface area contributed by atoms with Crippen molar-refractivity contribution in [3.63, 3.8) is 0 Å². The Morgan fingerprint density at radius 3 is 2.27 bits per heavy atom. The van der Waals surface area contributed by atoms with E-state index in [1.54, 1.807) is 0 Å². The number of hydrogen-bond donors (Lipinski definition) is 0. The quantitative estimate of drug-likeness (QED) is 0.419. The summed E-state index contributed by atoms with van der Waals surface area (Å²) < 4.78 is 0. The second-order valence-corrected chi connectivity index (χ2v) is 4.21. The maximum Gasteiger partial charge on any atom is -0.0242 e. The van der Waals surface area contributed by atoms with E-state index in [0.717, 1.165) is 12.8 Å². The summed E-state index contributed by atoms with van der Waals surface area (Å²) in [7, 11) is 0. The van der Waals surface area contributed by atoms with E-state index in [2.05, 4.69) is 53.0 Å². The summed E-state index contributed by atoms with van der Waals surface area (Å²) in [6, 6.07) is 0. The summed E-state index contributed by atoms with van der Waals surface area (Å²) in [5, 5.41) is 0. The molecule has 0 spiro atoms. The lowest BCUT2D eigenvalue weighted by Gasteiger charge is -2.11. The molecule has 0 N–H and O–H groups in total. The Labute approximate surface area is 95.1 Å². The van der Waals surface area contributed by atoms with E-state index < -0.39 is 0 Å². The molecule has 0 nitrogen and oxygen atoms in total. The van der Waals surface area contributed by atoms with Crippen LogP contribution in [0.2, 0.25) is 0 Å². The molecule has 0 aliphatic carbocycles. The molecule has 0 heterocycles. The fraction of sp³-hybridized carbons (Fsp3) is 0.467. The Morgan fingerprint density at radius 2 is 1.87 bits per heavy atom. The summed E-state index contributed by atoms with van der Waals surface area (Å²) in [6.07, 6.45) is 8.26. The van der Waals surface area contributed by atoms with Crippen LogP contribution in [0, 0.1) is 5.92 Å². The normalized spacial score (nSPS) is 13.1. The third-order valence-corrected chi connectivity index (χ3v) is 2.75. The molecule has 0 saturated heterocycles. The van der Waals surface area contributed by atoms with Crippen molar-refractivity contribution in [2.24, 2.45) is 5.92 Å². The fourth-order valence-electron chi connectivity index (χ4n) is 1.44. The summed E-state index contributed by atoms with van der Waals surface area (Å²) in [6.45, 7) is 16.4. The standard InChI is InChI=1S/C15H24/c1-7-9-14(6)15(8-2)11-10-13(5)12(3)4/h7-9,12H,1,5,10-11H2,2-4,6H3/b14-9-,15-8-. The van der Waals surface area contributed by atoms with Gasteiger partial charge in [-0.15, -0.1) is 0 Å². The summed E-state index contributed by atoms with van der Waals surface area (Å²) in [5.74, 6) is 0.590. The molecule has 0 aliphatic heterocycles. The number of allylic oxidation sites excluding steroid dienone is 6. The van der Waals surface area contributed by atoms with Gasteiger partial charge in [-0.25, -0.2) is 0 Å². The highest BCUT2D eigenvalue weighted by atomic mass is 14.1. The number of hydrogen-bond acceptors (Lipinski definition) is 0. The third kappa shape index (κ3) is 5.41. The monoisotopic (exact) mass is 204 g/mol. The highest BCUT2D eigenvalue weighted by Gasteiger charge is 2.03. The van der Waals surface area contributed by atoms with Crippen LogP contribution < -0.4 is 0 Å². The summed E-state index contributed by atoms with van der Waals surface area (Å²) >= 11 is 0. The predicted molar refractivity (Wildman–Crippen MR) is 70.9 cm³/mol. The molecule has 0 bridgehead atoms. The molecule has 15 heavy (non-hydrogen) atoms. The van der Waals surface area contributed by atoms with Crippen LogP contribution in [-0.4, -0.2) is 0 Å². The van der Waals surface area contributed by atoms with Crippen molar-refractivity contribution in [2.45, 2.75) is 40.5 Å². The van der Waals surface area contributed by atoms with Gasteiger partial charge in [-0.1, -0.05) is 50.8 Å². The highest BCUT2D eigenvalue weighted by molar-refractivity contribution is 5.31. The topological polar surface area (TPSA) is 0 Å². The zero-order valence-electron chi connectivity index (χ0n) is 10.6. The molecule has 0 saturated carbocycles. The van der Waals surface area contributed by atoms with Crippen LogP contribution in [0.15, 0.2) is 48.1 Å². The largest absolute Gasteiger partial charge is 0.0996 e. The van der Waals surface area contributed by atoms with E-state index in [-0.39, 0.29) is 0 Å². The lowest BCUT2D eigenvalue weighted by atomic mass is 9.94. The van der Waals surface area contributed by atoms with Gasteiger partial charge in [0.1, 0.15) is 0 Å². The predicted octanol–water partition coefficient (Wildman–Crippen LogP) is 5.06. The average molecular weight is 204 g/mol. The minimum Gasteiger partial charge on any atom is -0.0996 e. The van der Waals surface area contributed by atoms with E-state index in [1.165, 1.54) is 16.7 Å². The van der Waals surface area contributed by atoms with E-state index in [4.69, 9.17) is 0 Å². The van der Waals surface area contributed by atoms with Gasteiger partial charge in [0.2, 0.25) is 0 Å². The Balaban J connectivity index is 4.32. The SMILES string of the molecule is C=C/C=C(C)\C(=C/C)CCC(=C)C(C)C. The van der Waals surface area contributed by atoms with E-state index in [0.29, 0.717) is 5.92 Å².